The molecule has 0 radical (unpaired) electrons. The fourth-order valence-electron chi connectivity index (χ4n) is 1.44. The van der Waals surface area contributed by atoms with Crippen LogP contribution in [0.1, 0.15) is 37.7 Å². The second-order valence-corrected chi connectivity index (χ2v) is 3.24. The predicted molar refractivity (Wildman–Crippen MR) is 57.7 cm³/mol. The molecule has 1 aromatic heterocycles. The van der Waals surface area contributed by atoms with Gasteiger partial charge in [-0.3, -0.25) is 4.68 Å². The lowest BCUT2D eigenvalue weighted by Gasteiger charge is -2.09. The van der Waals surface area contributed by atoms with Crippen molar-refractivity contribution in [3.8, 4) is 12.3 Å². The van der Waals surface area contributed by atoms with Gasteiger partial charge in [-0.25, -0.2) is 0 Å². The Bertz CT molecular complexity index is 333. The number of aryl methyl sites for hydroxylation is 2. The molecule has 0 aromatic carbocycles. The first-order valence-corrected chi connectivity index (χ1v) is 4.98. The molecule has 0 bridgehead atoms. The molecule has 0 amide bonds. The normalized spacial score (nSPS) is 12.4. The molecule has 1 aromatic rings. The average molecular weight is 191 g/mol. The van der Waals surface area contributed by atoms with Gasteiger partial charge in [0, 0.05) is 13.0 Å². The van der Waals surface area contributed by atoms with Crippen molar-refractivity contribution >= 4 is 0 Å². The number of hydrogen-bond acceptors (Lipinski definition) is 2. The first-order chi connectivity index (χ1) is 6.72. The maximum Gasteiger partial charge on any atom is 0.0625 e. The van der Waals surface area contributed by atoms with Crippen LogP contribution in [0.2, 0.25) is 0 Å². The Balaban J connectivity index is 2.94. The third-order valence-electron chi connectivity index (χ3n) is 2.24. The fraction of sp³-hybridized carbons (Fsp3) is 0.545. The molecule has 3 nitrogen and oxygen atoms in total. The molecule has 0 aliphatic carbocycles. The van der Waals surface area contributed by atoms with Crippen LogP contribution in [-0.2, 0) is 13.0 Å². The van der Waals surface area contributed by atoms with E-state index in [1.165, 1.54) is 0 Å². The van der Waals surface area contributed by atoms with Gasteiger partial charge < -0.3 is 5.73 Å². The zero-order valence-corrected chi connectivity index (χ0v) is 8.83. The quantitative estimate of drug-likeness (QED) is 0.733. The SMILES string of the molecule is C#CCC(N)c1cc(CC)nn1CC. The molecule has 0 saturated heterocycles. The summed E-state index contributed by atoms with van der Waals surface area (Å²) < 4.78 is 1.93. The standard InChI is InChI=1S/C11H17N3/c1-4-7-10(12)11-8-9(5-2)13-14(11)6-3/h1,8,10H,5-7,12H2,2-3H3. The fourth-order valence-corrected chi connectivity index (χ4v) is 1.44. The van der Waals surface area contributed by atoms with E-state index in [9.17, 15) is 0 Å². The van der Waals surface area contributed by atoms with E-state index in [1.807, 2.05) is 10.7 Å². The van der Waals surface area contributed by atoms with E-state index in [2.05, 4.69) is 24.9 Å². The highest BCUT2D eigenvalue weighted by Gasteiger charge is 2.12. The van der Waals surface area contributed by atoms with E-state index < -0.39 is 0 Å². The smallest absolute Gasteiger partial charge is 0.0625 e. The van der Waals surface area contributed by atoms with Gasteiger partial charge in [-0.2, -0.15) is 5.10 Å². The zero-order chi connectivity index (χ0) is 10.6. The van der Waals surface area contributed by atoms with Gasteiger partial charge >= 0.3 is 0 Å². The molecule has 0 saturated carbocycles. The Morgan fingerprint density at radius 1 is 1.64 bits per heavy atom. The molecule has 76 valence electrons. The maximum absolute atomic E-state index is 5.95. The van der Waals surface area contributed by atoms with Gasteiger partial charge in [-0.15, -0.1) is 12.3 Å². The van der Waals surface area contributed by atoms with Crippen molar-refractivity contribution in [1.29, 1.82) is 0 Å². The minimum Gasteiger partial charge on any atom is -0.322 e. The second kappa shape index (κ2) is 4.83. The van der Waals surface area contributed by atoms with Gasteiger partial charge in [-0.05, 0) is 19.4 Å². The van der Waals surface area contributed by atoms with E-state index >= 15 is 0 Å². The van der Waals surface area contributed by atoms with Gasteiger partial charge in [0.05, 0.1) is 17.4 Å². The molecule has 2 N–H and O–H groups in total. The van der Waals surface area contributed by atoms with Crippen molar-refractivity contribution in [2.24, 2.45) is 5.73 Å². The van der Waals surface area contributed by atoms with Crippen LogP contribution in [0.5, 0.6) is 0 Å². The van der Waals surface area contributed by atoms with Crippen molar-refractivity contribution in [3.05, 3.63) is 17.5 Å². The van der Waals surface area contributed by atoms with E-state index in [0.717, 1.165) is 24.4 Å². The summed E-state index contributed by atoms with van der Waals surface area (Å²) in [6.07, 6.45) is 6.74. The minimum absolute atomic E-state index is 0.0900. The number of aromatic nitrogens is 2. The number of nitrogens with zero attached hydrogens (tertiary/aromatic N) is 2. The third kappa shape index (κ3) is 2.15. The molecule has 1 unspecified atom stereocenters. The van der Waals surface area contributed by atoms with Crippen LogP contribution in [0.15, 0.2) is 6.07 Å². The van der Waals surface area contributed by atoms with Crippen LogP contribution >= 0.6 is 0 Å². The van der Waals surface area contributed by atoms with Gasteiger partial charge in [0.15, 0.2) is 0 Å². The van der Waals surface area contributed by atoms with Gasteiger partial charge in [0.2, 0.25) is 0 Å². The Morgan fingerprint density at radius 3 is 2.86 bits per heavy atom. The average Bonchev–Trinajstić information content (AvgIpc) is 2.61. The largest absolute Gasteiger partial charge is 0.322 e. The predicted octanol–water partition coefficient (Wildman–Crippen LogP) is 1.49. The lowest BCUT2D eigenvalue weighted by atomic mass is 10.1. The summed E-state index contributed by atoms with van der Waals surface area (Å²) in [4.78, 5) is 0. The molecule has 0 spiro atoms. The topological polar surface area (TPSA) is 43.8 Å². The van der Waals surface area contributed by atoms with Crippen LogP contribution in [0.4, 0.5) is 0 Å². The van der Waals surface area contributed by atoms with Crippen LogP contribution in [0, 0.1) is 12.3 Å². The van der Waals surface area contributed by atoms with E-state index in [0.29, 0.717) is 6.42 Å². The summed E-state index contributed by atoms with van der Waals surface area (Å²) in [5, 5.41) is 4.42. The highest BCUT2D eigenvalue weighted by atomic mass is 15.3. The molecule has 0 aliphatic heterocycles. The maximum atomic E-state index is 5.95. The summed E-state index contributed by atoms with van der Waals surface area (Å²) in [5.41, 5.74) is 8.07. The molecule has 0 aliphatic rings. The number of terminal acetylenes is 1. The molecule has 0 fully saturated rings. The van der Waals surface area contributed by atoms with E-state index in [4.69, 9.17) is 12.2 Å². The molecule has 3 heteroatoms. The second-order valence-electron chi connectivity index (χ2n) is 3.24. The van der Waals surface area contributed by atoms with Crippen molar-refractivity contribution < 1.29 is 0 Å². The number of rotatable bonds is 4. The van der Waals surface area contributed by atoms with Crippen molar-refractivity contribution in [2.75, 3.05) is 0 Å². The van der Waals surface area contributed by atoms with Crippen molar-refractivity contribution in [2.45, 2.75) is 39.3 Å². The van der Waals surface area contributed by atoms with Crippen LogP contribution < -0.4 is 5.73 Å². The highest BCUT2D eigenvalue weighted by molar-refractivity contribution is 5.15. The summed E-state index contributed by atoms with van der Waals surface area (Å²) in [6.45, 7) is 4.98. The van der Waals surface area contributed by atoms with Crippen molar-refractivity contribution in [3.63, 3.8) is 0 Å². The summed E-state index contributed by atoms with van der Waals surface area (Å²) >= 11 is 0. The molecular formula is C11H17N3. The first kappa shape index (κ1) is 10.8. The lowest BCUT2D eigenvalue weighted by Crippen LogP contribution is -2.15. The minimum atomic E-state index is -0.0900. The third-order valence-corrected chi connectivity index (χ3v) is 2.24. The summed E-state index contributed by atoms with van der Waals surface area (Å²) in [6, 6.07) is 1.96. The Morgan fingerprint density at radius 2 is 2.36 bits per heavy atom. The Hall–Kier alpha value is -1.27. The van der Waals surface area contributed by atoms with Crippen LogP contribution in [0.3, 0.4) is 0 Å². The Labute approximate surface area is 85.3 Å². The summed E-state index contributed by atoms with van der Waals surface area (Å²) in [5.74, 6) is 2.58. The molecule has 1 atom stereocenters. The number of nitrogens with two attached hydrogens (primary N) is 1. The zero-order valence-electron chi connectivity index (χ0n) is 8.83. The van der Waals surface area contributed by atoms with Gasteiger partial charge in [0.1, 0.15) is 0 Å². The van der Waals surface area contributed by atoms with Gasteiger partial charge in [0.25, 0.3) is 0 Å². The van der Waals surface area contributed by atoms with Crippen LogP contribution in [-0.4, -0.2) is 9.78 Å². The highest BCUT2D eigenvalue weighted by Crippen LogP contribution is 2.15. The number of hydrogen-bond donors (Lipinski definition) is 1. The van der Waals surface area contributed by atoms with Crippen LogP contribution in [0.25, 0.3) is 0 Å². The Kier molecular flexibility index (Phi) is 3.73. The molecule has 14 heavy (non-hydrogen) atoms. The van der Waals surface area contributed by atoms with Gasteiger partial charge in [-0.1, -0.05) is 6.92 Å². The van der Waals surface area contributed by atoms with E-state index in [1.54, 1.807) is 0 Å². The molecule has 1 rings (SSSR count). The van der Waals surface area contributed by atoms with E-state index in [-0.39, 0.29) is 6.04 Å². The first-order valence-electron chi connectivity index (χ1n) is 4.98. The van der Waals surface area contributed by atoms with Crippen molar-refractivity contribution in [1.82, 2.24) is 9.78 Å². The molecule has 1 heterocycles. The lowest BCUT2D eigenvalue weighted by molar-refractivity contribution is 0.572. The summed E-state index contributed by atoms with van der Waals surface area (Å²) in [7, 11) is 0. The molecular weight excluding hydrogens is 174 g/mol. The monoisotopic (exact) mass is 191 g/mol.